The number of sulfonamides is 1. The number of hydrogen-bond acceptors (Lipinski definition) is 4. The molecule has 0 saturated heterocycles. The van der Waals surface area contributed by atoms with Crippen LogP contribution >= 0.6 is 11.6 Å². The summed E-state index contributed by atoms with van der Waals surface area (Å²) < 4.78 is 26.7. The van der Waals surface area contributed by atoms with Crippen molar-refractivity contribution in [2.45, 2.75) is 10.3 Å². The first-order valence-electron chi connectivity index (χ1n) is 6.34. The number of nitrogens with zero attached hydrogens (tertiary/aromatic N) is 1. The van der Waals surface area contributed by atoms with Gasteiger partial charge in [-0.25, -0.2) is 13.1 Å². The van der Waals surface area contributed by atoms with E-state index < -0.39 is 26.0 Å². The van der Waals surface area contributed by atoms with Gasteiger partial charge in [0.1, 0.15) is 0 Å². The van der Waals surface area contributed by atoms with Crippen molar-refractivity contribution in [2.75, 3.05) is 6.54 Å². The summed E-state index contributed by atoms with van der Waals surface area (Å²) in [7, 11) is -4.02. The molecule has 0 heterocycles. The van der Waals surface area contributed by atoms with Crippen LogP contribution in [0.2, 0.25) is 0 Å². The highest BCUT2D eigenvalue weighted by atomic mass is 35.5. The van der Waals surface area contributed by atoms with Crippen molar-refractivity contribution in [3.05, 3.63) is 70.3 Å². The topological polar surface area (TPSA) is 89.3 Å². The van der Waals surface area contributed by atoms with Crippen molar-refractivity contribution in [2.24, 2.45) is 0 Å². The van der Waals surface area contributed by atoms with E-state index in [4.69, 9.17) is 11.6 Å². The van der Waals surface area contributed by atoms with Crippen molar-refractivity contribution in [3.8, 4) is 0 Å². The van der Waals surface area contributed by atoms with Gasteiger partial charge < -0.3 is 0 Å². The molecule has 0 aliphatic rings. The second-order valence-corrected chi connectivity index (χ2v) is 6.72. The first kappa shape index (κ1) is 16.4. The number of hydrogen-bond donors (Lipinski definition) is 1. The lowest BCUT2D eigenvalue weighted by molar-refractivity contribution is -0.387. The quantitative estimate of drug-likeness (QED) is 0.497. The van der Waals surface area contributed by atoms with Gasteiger partial charge in [0, 0.05) is 12.6 Å². The standard InChI is InChI=1S/C14H13ClN2O4S/c15-12(11-6-2-1-3-7-11)10-16-22(20,21)14-9-5-4-8-13(14)17(18)19/h1-9,12,16H,10H2/t12-/m0/s1. The summed E-state index contributed by atoms with van der Waals surface area (Å²) in [6, 6.07) is 14.1. The Bertz CT molecular complexity index is 765. The van der Waals surface area contributed by atoms with E-state index in [1.165, 1.54) is 18.2 Å². The molecule has 1 N–H and O–H groups in total. The second-order valence-electron chi connectivity index (χ2n) is 4.45. The van der Waals surface area contributed by atoms with Crippen LogP contribution in [-0.2, 0) is 10.0 Å². The van der Waals surface area contributed by atoms with E-state index in [1.54, 1.807) is 24.3 Å². The predicted molar refractivity (Wildman–Crippen MR) is 83.3 cm³/mol. The van der Waals surface area contributed by atoms with E-state index in [9.17, 15) is 18.5 Å². The van der Waals surface area contributed by atoms with Crippen molar-refractivity contribution in [1.29, 1.82) is 0 Å². The summed E-state index contributed by atoms with van der Waals surface area (Å²) in [6.07, 6.45) is 0. The second kappa shape index (κ2) is 6.87. The lowest BCUT2D eigenvalue weighted by Crippen LogP contribution is -2.27. The zero-order valence-electron chi connectivity index (χ0n) is 11.3. The molecule has 0 aliphatic carbocycles. The maximum Gasteiger partial charge on any atom is 0.289 e. The summed E-state index contributed by atoms with van der Waals surface area (Å²) in [4.78, 5) is 9.81. The molecule has 0 fully saturated rings. The summed E-state index contributed by atoms with van der Waals surface area (Å²) in [5.74, 6) is 0. The minimum Gasteiger partial charge on any atom is -0.258 e. The molecule has 8 heteroatoms. The fourth-order valence-corrected chi connectivity index (χ4v) is 3.41. The Morgan fingerprint density at radius 3 is 2.32 bits per heavy atom. The summed E-state index contributed by atoms with van der Waals surface area (Å²) >= 11 is 6.14. The first-order chi connectivity index (χ1) is 10.4. The van der Waals surface area contributed by atoms with Gasteiger partial charge in [0.05, 0.1) is 10.3 Å². The van der Waals surface area contributed by atoms with Gasteiger partial charge in [0.15, 0.2) is 4.90 Å². The van der Waals surface area contributed by atoms with Crippen LogP contribution in [0.3, 0.4) is 0 Å². The molecule has 2 aromatic rings. The lowest BCUT2D eigenvalue weighted by atomic mass is 10.1. The van der Waals surface area contributed by atoms with Crippen LogP contribution in [0.1, 0.15) is 10.9 Å². The van der Waals surface area contributed by atoms with E-state index in [0.717, 1.165) is 11.6 Å². The molecular weight excluding hydrogens is 328 g/mol. The highest BCUT2D eigenvalue weighted by molar-refractivity contribution is 7.89. The molecule has 0 bridgehead atoms. The van der Waals surface area contributed by atoms with Crippen LogP contribution in [0.5, 0.6) is 0 Å². The Balaban J connectivity index is 2.17. The van der Waals surface area contributed by atoms with Crippen molar-refractivity contribution >= 4 is 27.3 Å². The first-order valence-corrected chi connectivity index (χ1v) is 8.26. The largest absolute Gasteiger partial charge is 0.289 e. The average molecular weight is 341 g/mol. The van der Waals surface area contributed by atoms with Crippen LogP contribution in [0, 0.1) is 10.1 Å². The summed E-state index contributed by atoms with van der Waals surface area (Å²) in [6.45, 7) is -0.0695. The Labute approximate surface area is 132 Å². The van der Waals surface area contributed by atoms with Gasteiger partial charge in [-0.15, -0.1) is 11.6 Å². The minimum atomic E-state index is -4.02. The molecule has 2 aromatic carbocycles. The Morgan fingerprint density at radius 2 is 1.68 bits per heavy atom. The molecular formula is C14H13ClN2O4S. The third-order valence-corrected chi connectivity index (χ3v) is 4.84. The van der Waals surface area contributed by atoms with Gasteiger partial charge in [0.25, 0.3) is 5.69 Å². The van der Waals surface area contributed by atoms with E-state index in [0.29, 0.717) is 0 Å². The fraction of sp³-hybridized carbons (Fsp3) is 0.143. The van der Waals surface area contributed by atoms with Crippen LogP contribution in [-0.4, -0.2) is 19.9 Å². The van der Waals surface area contributed by atoms with E-state index >= 15 is 0 Å². The number of nitro groups is 1. The molecule has 0 aliphatic heterocycles. The SMILES string of the molecule is O=[N+]([O-])c1ccccc1S(=O)(=O)NC[C@H](Cl)c1ccccc1. The monoisotopic (exact) mass is 340 g/mol. The zero-order chi connectivity index (χ0) is 16.2. The summed E-state index contributed by atoms with van der Waals surface area (Å²) in [5.41, 5.74) is 0.287. The molecule has 0 amide bonds. The predicted octanol–water partition coefficient (Wildman–Crippen LogP) is 2.85. The molecule has 116 valence electrons. The third kappa shape index (κ3) is 3.82. The van der Waals surface area contributed by atoms with Gasteiger partial charge in [-0.05, 0) is 11.6 Å². The Kier molecular flexibility index (Phi) is 5.12. The van der Waals surface area contributed by atoms with Crippen LogP contribution in [0.4, 0.5) is 5.69 Å². The van der Waals surface area contributed by atoms with E-state index in [-0.39, 0.29) is 11.4 Å². The smallest absolute Gasteiger partial charge is 0.258 e. The zero-order valence-corrected chi connectivity index (χ0v) is 12.9. The van der Waals surface area contributed by atoms with Crippen LogP contribution < -0.4 is 4.72 Å². The minimum absolute atomic E-state index is 0.0695. The van der Waals surface area contributed by atoms with Gasteiger partial charge >= 0.3 is 0 Å². The molecule has 6 nitrogen and oxygen atoms in total. The lowest BCUT2D eigenvalue weighted by Gasteiger charge is -2.11. The number of para-hydroxylation sites is 1. The highest BCUT2D eigenvalue weighted by Crippen LogP contribution is 2.24. The summed E-state index contributed by atoms with van der Waals surface area (Å²) in [5, 5.41) is 10.3. The van der Waals surface area contributed by atoms with Gasteiger partial charge in [-0.3, -0.25) is 10.1 Å². The molecule has 1 atom stereocenters. The number of nitro benzene ring substituents is 1. The third-order valence-electron chi connectivity index (χ3n) is 2.97. The van der Waals surface area contributed by atoms with Crippen LogP contribution in [0.15, 0.2) is 59.5 Å². The Morgan fingerprint density at radius 1 is 1.09 bits per heavy atom. The van der Waals surface area contributed by atoms with E-state index in [2.05, 4.69) is 4.72 Å². The molecule has 0 unspecified atom stereocenters. The maximum absolute atomic E-state index is 12.2. The number of halogens is 1. The molecule has 0 saturated carbocycles. The maximum atomic E-state index is 12.2. The fourth-order valence-electron chi connectivity index (χ4n) is 1.88. The normalized spacial score (nSPS) is 12.8. The Hall–Kier alpha value is -1.96. The number of alkyl halides is 1. The van der Waals surface area contributed by atoms with Crippen LogP contribution in [0.25, 0.3) is 0 Å². The van der Waals surface area contributed by atoms with Gasteiger partial charge in [-0.1, -0.05) is 42.5 Å². The molecule has 0 spiro atoms. The van der Waals surface area contributed by atoms with Gasteiger partial charge in [0.2, 0.25) is 10.0 Å². The van der Waals surface area contributed by atoms with Crippen molar-refractivity contribution in [3.63, 3.8) is 0 Å². The number of nitrogens with one attached hydrogen (secondary N) is 1. The molecule has 0 radical (unpaired) electrons. The molecule has 0 aromatic heterocycles. The van der Waals surface area contributed by atoms with Crippen molar-refractivity contribution < 1.29 is 13.3 Å². The van der Waals surface area contributed by atoms with Gasteiger partial charge in [-0.2, -0.15) is 0 Å². The molecule has 22 heavy (non-hydrogen) atoms. The number of rotatable bonds is 6. The number of benzene rings is 2. The van der Waals surface area contributed by atoms with Crippen molar-refractivity contribution in [1.82, 2.24) is 4.72 Å². The highest BCUT2D eigenvalue weighted by Gasteiger charge is 2.25. The van der Waals surface area contributed by atoms with E-state index in [1.807, 2.05) is 6.07 Å². The molecule has 2 rings (SSSR count). The average Bonchev–Trinajstić information content (AvgIpc) is 2.53.